The summed E-state index contributed by atoms with van der Waals surface area (Å²) >= 11 is 0. The van der Waals surface area contributed by atoms with Crippen molar-refractivity contribution in [1.82, 2.24) is 19.9 Å². The molecular formula is C80H78N8O6. The molecule has 0 saturated carbocycles. The third kappa shape index (κ3) is 8.80. The zero-order valence-electron chi connectivity index (χ0n) is 56.4. The highest BCUT2D eigenvalue weighted by Crippen LogP contribution is 2.54. The Labute approximate surface area is 547 Å². The zero-order valence-corrected chi connectivity index (χ0v) is 56.4. The predicted molar refractivity (Wildman–Crippen MR) is 379 cm³/mol. The Kier molecular flexibility index (Phi) is 14.8. The summed E-state index contributed by atoms with van der Waals surface area (Å²) in [4.78, 5) is 68.5. The quantitative estimate of drug-likeness (QED) is 0.0775. The van der Waals surface area contributed by atoms with Gasteiger partial charge in [0.1, 0.15) is 22.6 Å². The molecule has 16 bridgehead atoms. The number of hydrogen-bond donors (Lipinski definition) is 6. The highest BCUT2D eigenvalue weighted by Gasteiger charge is 2.46. The van der Waals surface area contributed by atoms with Crippen LogP contribution in [0.15, 0.2) is 160 Å². The predicted octanol–water partition coefficient (Wildman–Crippen LogP) is 17.8. The Morgan fingerprint density at radius 3 is 1.18 bits per heavy atom. The number of benzene rings is 4. The van der Waals surface area contributed by atoms with Gasteiger partial charge in [-0.05, 0) is 208 Å². The Morgan fingerprint density at radius 2 is 0.840 bits per heavy atom. The molecule has 94 heavy (non-hydrogen) atoms. The summed E-state index contributed by atoms with van der Waals surface area (Å²) in [7, 11) is 2.66. The molecule has 4 aromatic carbocycles. The molecule has 10 heterocycles. The number of esters is 2. The molecule has 14 rings (SSSR count). The number of carbonyl (C=O) groups excluding carboxylic acids is 2. The molecule has 0 amide bonds. The SMILES string of the molecule is CCC1=C(C)C2=N/C1=C(/c1ccccc1)c1[nH]c(c(C)c1CC)/C=C1\N=C(C(C)=C1C)c1c(C(=O)OC)c(O)cc3c(C)c([nH]c13)C2C1C2=N/C(=C(/c3ccccc3)c3[nH]c(c(C)c3CC)/C=C3\N=C(C(C)=C3C)c3c(C(=O)OC)c(O)cc4c(C)c1[nH]c34)C(CC)=C2C. The molecule has 2 atom stereocenters. The van der Waals surface area contributed by atoms with Gasteiger partial charge in [0.05, 0.1) is 94.1 Å². The van der Waals surface area contributed by atoms with Gasteiger partial charge >= 0.3 is 11.9 Å². The van der Waals surface area contributed by atoms with E-state index in [-0.39, 0.29) is 22.6 Å². The van der Waals surface area contributed by atoms with Crippen molar-refractivity contribution < 1.29 is 29.3 Å². The van der Waals surface area contributed by atoms with Crippen LogP contribution in [0.25, 0.3) is 45.1 Å². The zero-order chi connectivity index (χ0) is 66.4. The third-order valence-corrected chi connectivity index (χ3v) is 21.2. The number of aliphatic imine (C=N–C) groups is 4. The van der Waals surface area contributed by atoms with E-state index in [9.17, 15) is 19.8 Å². The second-order valence-electron chi connectivity index (χ2n) is 25.7. The van der Waals surface area contributed by atoms with E-state index < -0.39 is 23.8 Å². The fourth-order valence-electron chi connectivity index (χ4n) is 15.9. The van der Waals surface area contributed by atoms with E-state index >= 15 is 0 Å². The van der Waals surface area contributed by atoms with Gasteiger partial charge in [0.25, 0.3) is 0 Å². The van der Waals surface area contributed by atoms with Crippen molar-refractivity contribution in [2.24, 2.45) is 20.0 Å². The number of nitrogens with zero attached hydrogens (tertiary/aromatic N) is 4. The topological polar surface area (TPSA) is 206 Å². The first kappa shape index (κ1) is 61.2. The van der Waals surface area contributed by atoms with E-state index in [1.807, 2.05) is 26.0 Å². The first-order valence-electron chi connectivity index (χ1n) is 32.7. The number of rotatable bonds is 9. The number of ether oxygens (including phenoxy) is 2. The number of nitrogens with one attached hydrogen (secondary N) is 4. The van der Waals surface area contributed by atoms with Crippen LogP contribution in [0.3, 0.4) is 0 Å². The van der Waals surface area contributed by atoms with Gasteiger partial charge in [-0.2, -0.15) is 0 Å². The Balaban J connectivity index is 1.23. The monoisotopic (exact) mass is 1250 g/mol. The molecule has 2 unspecified atom stereocenters. The molecule has 6 aliphatic heterocycles. The minimum Gasteiger partial charge on any atom is -0.507 e. The lowest BCUT2D eigenvalue weighted by molar-refractivity contribution is 0.0588. The summed E-state index contributed by atoms with van der Waals surface area (Å²) in [5, 5.41) is 26.4. The Hall–Kier alpha value is -10.3. The van der Waals surface area contributed by atoms with Crippen LogP contribution >= 0.6 is 0 Å². The second kappa shape index (κ2) is 22.7. The largest absolute Gasteiger partial charge is 0.507 e. The highest BCUT2D eigenvalue weighted by molar-refractivity contribution is 6.28. The van der Waals surface area contributed by atoms with E-state index in [1.54, 1.807) is 12.1 Å². The molecule has 0 saturated heterocycles. The summed E-state index contributed by atoms with van der Waals surface area (Å²) in [6, 6.07) is 24.4. The van der Waals surface area contributed by atoms with Crippen molar-refractivity contribution in [3.05, 3.63) is 241 Å². The van der Waals surface area contributed by atoms with Gasteiger partial charge in [0.15, 0.2) is 0 Å². The van der Waals surface area contributed by atoms with E-state index in [1.165, 1.54) is 14.2 Å². The number of hydrogen-bond acceptors (Lipinski definition) is 10. The number of aryl methyl sites for hydroxylation is 2. The third-order valence-electron chi connectivity index (χ3n) is 21.2. The number of allylic oxidation sites excluding steroid dienone is 8. The smallest absolute Gasteiger partial charge is 0.342 e. The molecular weight excluding hydrogens is 1170 g/mol. The summed E-state index contributed by atoms with van der Waals surface area (Å²) in [5.74, 6) is -3.45. The summed E-state index contributed by atoms with van der Waals surface area (Å²) < 4.78 is 11.2. The van der Waals surface area contributed by atoms with Crippen molar-refractivity contribution in [2.45, 2.75) is 134 Å². The van der Waals surface area contributed by atoms with Crippen molar-refractivity contribution in [3.8, 4) is 11.5 Å². The molecule has 6 N–H and O–H groups in total. The number of aromatic nitrogens is 4. The van der Waals surface area contributed by atoms with Crippen LogP contribution < -0.4 is 0 Å². The molecule has 0 aliphatic carbocycles. The summed E-state index contributed by atoms with van der Waals surface area (Å²) in [6.07, 6.45) is 6.91. The normalized spacial score (nSPS) is 20.5. The number of H-pyrrole nitrogens is 4. The maximum Gasteiger partial charge on any atom is 0.342 e. The molecule has 14 heteroatoms. The molecule has 4 aromatic heterocycles. The van der Waals surface area contributed by atoms with Crippen LogP contribution in [0, 0.1) is 27.7 Å². The standard InChI is InChI=1S/C80H78N8O6/c1-17-47-39(9)55-33-53-35(5)37(7)67(81-53)63-61(79(91)93-15)57(89)31-51-43(13)71(87-77(51)63)65(69-41(11)49(19-3)75(85-69)59(73(47)83-55)45-27-23-21-24-28-45)66-70-42(12)50(20-4)76(86-70)60(46-29-25-22-26-30-46)74-48(18-2)40(10)56(84-74)34-54-36(6)38(8)68(82-54)64-62(80(92)94-16)58(90)32-52-44(14)72(66)88-78(52)64/h21-34,65-66,83-84,87-90H,17-20H2,1-16H3/b53-33-,54-34-,75-59-,76-60-. The van der Waals surface area contributed by atoms with E-state index in [2.05, 4.69) is 164 Å². The fraction of sp³-hybridized carbons (Fsp3) is 0.275. The number of fused-ring (bicyclic) bond motifs is 12. The van der Waals surface area contributed by atoms with Crippen molar-refractivity contribution in [1.29, 1.82) is 0 Å². The number of aromatic hydroxyl groups is 2. The van der Waals surface area contributed by atoms with E-state index in [0.29, 0.717) is 68.6 Å². The molecule has 474 valence electrons. The number of phenolic OH excluding ortho intramolecular Hbond substituents is 2. The minimum absolute atomic E-state index is 0.0132. The molecule has 8 aromatic rings. The van der Waals surface area contributed by atoms with Crippen molar-refractivity contribution in [3.63, 3.8) is 0 Å². The average Bonchev–Trinajstić information content (AvgIpc) is 1.56. The van der Waals surface area contributed by atoms with Gasteiger partial charge in [-0.25, -0.2) is 19.6 Å². The van der Waals surface area contributed by atoms with Crippen LogP contribution in [-0.2, 0) is 22.3 Å². The second-order valence-corrected chi connectivity index (χ2v) is 25.7. The molecule has 14 nitrogen and oxygen atoms in total. The highest BCUT2D eigenvalue weighted by atomic mass is 16.5. The molecule has 0 radical (unpaired) electrons. The minimum atomic E-state index is -0.763. The van der Waals surface area contributed by atoms with E-state index in [0.717, 1.165) is 170 Å². The first-order valence-corrected chi connectivity index (χ1v) is 32.7. The molecule has 6 aliphatic rings. The van der Waals surface area contributed by atoms with Gasteiger partial charge in [-0.3, -0.25) is 9.98 Å². The molecule has 0 fully saturated rings. The van der Waals surface area contributed by atoms with Crippen LogP contribution in [0.4, 0.5) is 0 Å². The summed E-state index contributed by atoms with van der Waals surface area (Å²) in [6.45, 7) is 29.8. The summed E-state index contributed by atoms with van der Waals surface area (Å²) in [5.41, 5.74) is 30.5. The van der Waals surface area contributed by atoms with Crippen LogP contribution in [-0.4, -0.2) is 79.2 Å². The fourth-order valence-corrected chi connectivity index (χ4v) is 15.9. The lowest BCUT2D eigenvalue weighted by atomic mass is 9.74. The van der Waals surface area contributed by atoms with Crippen molar-refractivity contribution in [2.75, 3.05) is 14.2 Å². The average molecular weight is 1250 g/mol. The maximum atomic E-state index is 14.5. The van der Waals surface area contributed by atoms with Crippen molar-refractivity contribution >= 4 is 79.9 Å². The van der Waals surface area contributed by atoms with Crippen LogP contribution in [0.5, 0.6) is 11.5 Å². The van der Waals surface area contributed by atoms with E-state index in [4.69, 9.17) is 29.4 Å². The lowest BCUT2D eigenvalue weighted by Gasteiger charge is -2.29. The Morgan fingerprint density at radius 1 is 0.468 bits per heavy atom. The molecule has 0 spiro atoms. The number of aromatic amines is 4. The maximum absolute atomic E-state index is 14.5. The van der Waals surface area contributed by atoms with Crippen LogP contribution in [0.2, 0.25) is 0 Å². The van der Waals surface area contributed by atoms with Gasteiger partial charge in [-0.1, -0.05) is 88.4 Å². The Bertz CT molecular complexity index is 4850. The van der Waals surface area contributed by atoms with Gasteiger partial charge in [0, 0.05) is 55.8 Å². The van der Waals surface area contributed by atoms with Gasteiger partial charge < -0.3 is 39.6 Å². The van der Waals surface area contributed by atoms with Gasteiger partial charge in [0.2, 0.25) is 0 Å². The number of methoxy groups -OCH3 is 2. The lowest BCUT2D eigenvalue weighted by Crippen LogP contribution is -2.29. The van der Waals surface area contributed by atoms with Gasteiger partial charge in [-0.15, -0.1) is 0 Å². The van der Waals surface area contributed by atoms with Crippen LogP contribution in [0.1, 0.15) is 204 Å². The first-order chi connectivity index (χ1) is 45.2. The number of carbonyl (C=O) groups is 2. The number of phenols is 2.